The first-order valence-electron chi connectivity index (χ1n) is 13.0. The summed E-state index contributed by atoms with van der Waals surface area (Å²) in [4.78, 5) is 19.1. The summed E-state index contributed by atoms with van der Waals surface area (Å²) in [7, 11) is 1.64. The molecule has 9 heteroatoms. The summed E-state index contributed by atoms with van der Waals surface area (Å²) in [6.45, 7) is 9.88. The van der Waals surface area contributed by atoms with Gasteiger partial charge in [-0.3, -0.25) is 9.13 Å². The van der Waals surface area contributed by atoms with Gasteiger partial charge in [-0.25, -0.2) is 9.79 Å². The van der Waals surface area contributed by atoms with E-state index in [2.05, 4.69) is 43.1 Å². The SMILES string of the molecule is CCOc1cc2c(cc1OC)-c1cc(=Nc3c(C)cc(C)cc3C)n(CCCc3nncs3)c(=O)n1CC2. The van der Waals surface area contributed by atoms with Crippen LogP contribution in [0.2, 0.25) is 0 Å². The van der Waals surface area contributed by atoms with Gasteiger partial charge in [0.2, 0.25) is 0 Å². The van der Waals surface area contributed by atoms with Gasteiger partial charge < -0.3 is 9.47 Å². The average molecular weight is 532 g/mol. The maximum atomic E-state index is 14.0. The van der Waals surface area contributed by atoms with Crippen molar-refractivity contribution in [1.82, 2.24) is 19.3 Å². The highest BCUT2D eigenvalue weighted by Gasteiger charge is 2.22. The van der Waals surface area contributed by atoms with E-state index in [1.807, 2.05) is 29.7 Å². The average Bonchev–Trinajstić information content (AvgIpc) is 3.41. The van der Waals surface area contributed by atoms with Crippen LogP contribution in [0.3, 0.4) is 0 Å². The number of aromatic nitrogens is 4. The molecule has 198 valence electrons. The second kappa shape index (κ2) is 10.9. The third kappa shape index (κ3) is 5.03. The summed E-state index contributed by atoms with van der Waals surface area (Å²) in [5.41, 5.74) is 9.56. The number of fused-ring (bicyclic) bond motifs is 3. The summed E-state index contributed by atoms with van der Waals surface area (Å²) < 4.78 is 15.1. The number of benzene rings is 2. The fourth-order valence-electron chi connectivity index (χ4n) is 5.23. The zero-order valence-electron chi connectivity index (χ0n) is 22.6. The molecular formula is C29H33N5O3S. The van der Waals surface area contributed by atoms with Crippen LogP contribution < -0.4 is 20.7 Å². The van der Waals surface area contributed by atoms with Crippen LogP contribution >= 0.6 is 11.3 Å². The van der Waals surface area contributed by atoms with Crippen molar-refractivity contribution >= 4 is 17.0 Å². The Kier molecular flexibility index (Phi) is 7.46. The van der Waals surface area contributed by atoms with Crippen LogP contribution in [0.1, 0.15) is 40.6 Å². The normalized spacial score (nSPS) is 12.8. The lowest BCUT2D eigenvalue weighted by molar-refractivity contribution is 0.310. The van der Waals surface area contributed by atoms with Crippen molar-refractivity contribution in [3.05, 3.63) is 79.1 Å². The van der Waals surface area contributed by atoms with E-state index in [0.29, 0.717) is 30.9 Å². The van der Waals surface area contributed by atoms with Crippen molar-refractivity contribution < 1.29 is 9.47 Å². The van der Waals surface area contributed by atoms with Crippen molar-refractivity contribution in [3.8, 4) is 22.8 Å². The number of ether oxygens (including phenoxy) is 2. The molecule has 0 N–H and O–H groups in total. The number of methoxy groups -OCH3 is 1. The predicted molar refractivity (Wildman–Crippen MR) is 150 cm³/mol. The van der Waals surface area contributed by atoms with Crippen LogP contribution in [0.4, 0.5) is 5.69 Å². The highest BCUT2D eigenvalue weighted by molar-refractivity contribution is 7.09. The number of nitrogens with zero attached hydrogens (tertiary/aromatic N) is 5. The van der Waals surface area contributed by atoms with Crippen LogP contribution in [0.25, 0.3) is 11.3 Å². The minimum absolute atomic E-state index is 0.0561. The molecule has 0 radical (unpaired) electrons. The first-order valence-corrected chi connectivity index (χ1v) is 13.8. The molecular weight excluding hydrogens is 498 g/mol. The maximum Gasteiger partial charge on any atom is 0.330 e. The molecule has 0 amide bonds. The highest BCUT2D eigenvalue weighted by atomic mass is 32.1. The summed E-state index contributed by atoms with van der Waals surface area (Å²) in [5, 5.41) is 9.06. The Balaban J connectivity index is 1.68. The number of rotatable bonds is 8. The van der Waals surface area contributed by atoms with Gasteiger partial charge in [-0.05, 0) is 69.4 Å². The lowest BCUT2D eigenvalue weighted by Crippen LogP contribution is -2.42. The molecule has 0 saturated carbocycles. The van der Waals surface area contributed by atoms with Gasteiger partial charge >= 0.3 is 5.69 Å². The number of hydrogen-bond acceptors (Lipinski definition) is 7. The molecule has 0 bridgehead atoms. The molecule has 38 heavy (non-hydrogen) atoms. The van der Waals surface area contributed by atoms with Gasteiger partial charge in [-0.15, -0.1) is 21.5 Å². The van der Waals surface area contributed by atoms with Crippen molar-refractivity contribution in [1.29, 1.82) is 0 Å². The van der Waals surface area contributed by atoms with Crippen LogP contribution in [-0.2, 0) is 25.9 Å². The molecule has 0 saturated heterocycles. The molecule has 0 unspecified atom stereocenters. The summed E-state index contributed by atoms with van der Waals surface area (Å²) in [6, 6.07) is 10.3. The van der Waals surface area contributed by atoms with Crippen molar-refractivity contribution in [2.75, 3.05) is 13.7 Å². The minimum Gasteiger partial charge on any atom is -0.493 e. The number of hydrogen-bond donors (Lipinski definition) is 0. The van der Waals surface area contributed by atoms with Gasteiger partial charge in [0.25, 0.3) is 0 Å². The highest BCUT2D eigenvalue weighted by Crippen LogP contribution is 2.37. The molecule has 2 aromatic heterocycles. The van der Waals surface area contributed by atoms with Gasteiger partial charge in [0.05, 0.1) is 25.1 Å². The fourth-order valence-corrected chi connectivity index (χ4v) is 5.80. The molecule has 1 aliphatic rings. The van der Waals surface area contributed by atoms with Crippen LogP contribution in [0, 0.1) is 20.8 Å². The zero-order chi connectivity index (χ0) is 26.8. The molecule has 0 aliphatic carbocycles. The van der Waals surface area contributed by atoms with Gasteiger partial charge in [0.1, 0.15) is 16.0 Å². The molecule has 8 nitrogen and oxygen atoms in total. The Morgan fingerprint density at radius 2 is 1.87 bits per heavy atom. The minimum atomic E-state index is -0.0561. The summed E-state index contributed by atoms with van der Waals surface area (Å²) in [5.74, 6) is 1.38. The molecule has 0 atom stereocenters. The predicted octanol–water partition coefficient (Wildman–Crippen LogP) is 4.92. The van der Waals surface area contributed by atoms with E-state index in [1.165, 1.54) is 16.9 Å². The van der Waals surface area contributed by atoms with Gasteiger partial charge in [0.15, 0.2) is 11.5 Å². The van der Waals surface area contributed by atoms with Crippen molar-refractivity contribution in [2.45, 2.75) is 60.0 Å². The zero-order valence-corrected chi connectivity index (χ0v) is 23.4. The Hall–Kier alpha value is -3.72. The van der Waals surface area contributed by atoms with Crippen LogP contribution in [0.5, 0.6) is 11.5 Å². The fraction of sp³-hybridized carbons (Fsp3) is 0.379. The molecule has 1 aliphatic heterocycles. The molecule has 0 spiro atoms. The Bertz CT molecular complexity index is 1580. The van der Waals surface area contributed by atoms with E-state index in [1.54, 1.807) is 17.2 Å². The topological polar surface area (TPSA) is 83.5 Å². The van der Waals surface area contributed by atoms with E-state index in [-0.39, 0.29) is 5.69 Å². The van der Waals surface area contributed by atoms with Crippen molar-refractivity contribution in [3.63, 3.8) is 0 Å². The maximum absolute atomic E-state index is 14.0. The largest absolute Gasteiger partial charge is 0.493 e. The van der Waals surface area contributed by atoms with E-state index in [9.17, 15) is 4.79 Å². The first-order chi connectivity index (χ1) is 18.4. The molecule has 2 aromatic carbocycles. The summed E-state index contributed by atoms with van der Waals surface area (Å²) >= 11 is 1.54. The van der Waals surface area contributed by atoms with E-state index in [4.69, 9.17) is 14.5 Å². The van der Waals surface area contributed by atoms with Gasteiger partial charge in [-0.1, -0.05) is 17.7 Å². The Labute approximate surface area is 226 Å². The smallest absolute Gasteiger partial charge is 0.330 e. The van der Waals surface area contributed by atoms with Crippen LogP contribution in [0.15, 0.2) is 45.6 Å². The number of aryl methyl sites for hydroxylation is 5. The molecule has 0 fully saturated rings. The third-order valence-corrected chi connectivity index (χ3v) is 7.66. The monoisotopic (exact) mass is 531 g/mol. The van der Waals surface area contributed by atoms with E-state index >= 15 is 0 Å². The lowest BCUT2D eigenvalue weighted by atomic mass is 9.97. The quantitative estimate of drug-likeness (QED) is 0.322. The van der Waals surface area contributed by atoms with Crippen LogP contribution in [-0.4, -0.2) is 33.0 Å². The standard InChI is InChI=1S/C29H33N5O3S/c1-6-37-25-14-21-9-11-33-23(22(21)15-24(25)36-5)16-26(31-28-19(3)12-18(2)13-20(28)4)34(29(33)35)10-7-8-27-32-30-17-38-27/h12-17H,6-11H2,1-5H3. The molecule has 4 aromatic rings. The Morgan fingerprint density at radius 3 is 2.55 bits per heavy atom. The van der Waals surface area contributed by atoms with E-state index < -0.39 is 0 Å². The van der Waals surface area contributed by atoms with Crippen molar-refractivity contribution in [2.24, 2.45) is 4.99 Å². The Morgan fingerprint density at radius 1 is 1.08 bits per heavy atom. The second-order valence-electron chi connectivity index (χ2n) is 9.61. The second-order valence-corrected chi connectivity index (χ2v) is 10.5. The van der Waals surface area contributed by atoms with Gasteiger partial charge in [-0.2, -0.15) is 0 Å². The van der Waals surface area contributed by atoms with Gasteiger partial charge in [0, 0.05) is 31.1 Å². The first kappa shape index (κ1) is 25.9. The molecule has 3 heterocycles. The lowest BCUT2D eigenvalue weighted by Gasteiger charge is -2.25. The summed E-state index contributed by atoms with van der Waals surface area (Å²) in [6.07, 6.45) is 2.27. The molecule has 5 rings (SSSR count). The van der Waals surface area contributed by atoms with E-state index in [0.717, 1.165) is 63.7 Å². The third-order valence-electron chi connectivity index (χ3n) is 6.90.